The van der Waals surface area contributed by atoms with Gasteiger partial charge >= 0.3 is 0 Å². The number of methoxy groups -OCH3 is 1. The van der Waals surface area contributed by atoms with Crippen LogP contribution < -0.4 is 10.1 Å². The average molecular weight is 303 g/mol. The molecule has 0 saturated heterocycles. The molecule has 2 heterocycles. The topological polar surface area (TPSA) is 54.5 Å². The lowest BCUT2D eigenvalue weighted by Gasteiger charge is -2.20. The number of anilines is 1. The molecule has 0 aliphatic carbocycles. The van der Waals surface area contributed by atoms with Crippen molar-refractivity contribution >= 4 is 22.9 Å². The number of carbonyl (C=O) groups is 1. The summed E-state index contributed by atoms with van der Waals surface area (Å²) in [5.74, 6) is 0.466. The normalized spacial score (nSPS) is 14.6. The maximum atomic E-state index is 12.3. The highest BCUT2D eigenvalue weighted by atomic mass is 32.1. The fraction of sp³-hybridized carbons (Fsp3) is 0.333. The van der Waals surface area contributed by atoms with Crippen molar-refractivity contribution in [1.29, 1.82) is 0 Å². The van der Waals surface area contributed by atoms with Gasteiger partial charge < -0.3 is 15.0 Å². The molecule has 6 heteroatoms. The number of para-hydroxylation sites is 2. The number of rotatable bonds is 3. The highest BCUT2D eigenvalue weighted by Gasteiger charge is 2.21. The summed E-state index contributed by atoms with van der Waals surface area (Å²) < 4.78 is 5.24. The average Bonchev–Trinajstić information content (AvgIpc) is 2.91. The van der Waals surface area contributed by atoms with Gasteiger partial charge in [0.15, 0.2) is 5.01 Å². The number of fused-ring (bicyclic) bond motifs is 1. The van der Waals surface area contributed by atoms with Crippen LogP contribution in [0.4, 0.5) is 5.69 Å². The van der Waals surface area contributed by atoms with Crippen LogP contribution in [0.2, 0.25) is 0 Å². The predicted molar refractivity (Wildman–Crippen MR) is 83.1 cm³/mol. The Morgan fingerprint density at radius 3 is 3.05 bits per heavy atom. The first-order valence-corrected chi connectivity index (χ1v) is 7.60. The summed E-state index contributed by atoms with van der Waals surface area (Å²) >= 11 is 1.47. The molecule has 0 unspecified atom stereocenters. The lowest BCUT2D eigenvalue weighted by atomic mass is 10.2. The van der Waals surface area contributed by atoms with Crippen molar-refractivity contribution in [2.75, 3.05) is 26.0 Å². The largest absolute Gasteiger partial charge is 0.495 e. The second-order valence-corrected chi connectivity index (χ2v) is 6.11. The molecule has 0 radical (unpaired) electrons. The summed E-state index contributed by atoms with van der Waals surface area (Å²) in [6.07, 6.45) is 0.907. The van der Waals surface area contributed by atoms with Gasteiger partial charge in [-0.05, 0) is 19.2 Å². The van der Waals surface area contributed by atoms with Gasteiger partial charge in [-0.2, -0.15) is 0 Å². The van der Waals surface area contributed by atoms with Crippen molar-refractivity contribution in [2.24, 2.45) is 0 Å². The number of likely N-dealkylation sites (N-methyl/N-ethyl adjacent to an activating group) is 1. The Morgan fingerprint density at radius 2 is 2.24 bits per heavy atom. The Labute approximate surface area is 127 Å². The van der Waals surface area contributed by atoms with E-state index in [1.807, 2.05) is 24.3 Å². The number of benzene rings is 1. The number of aromatic nitrogens is 1. The smallest absolute Gasteiger partial charge is 0.284 e. The Balaban J connectivity index is 1.80. The molecule has 3 rings (SSSR count). The lowest BCUT2D eigenvalue weighted by Crippen LogP contribution is -2.25. The van der Waals surface area contributed by atoms with Crippen LogP contribution in [-0.4, -0.2) is 36.5 Å². The number of hydrogen-bond acceptors (Lipinski definition) is 5. The van der Waals surface area contributed by atoms with Crippen LogP contribution in [0.25, 0.3) is 0 Å². The Hall–Kier alpha value is -1.92. The second-order valence-electron chi connectivity index (χ2n) is 5.03. The van der Waals surface area contributed by atoms with Gasteiger partial charge in [-0.1, -0.05) is 12.1 Å². The zero-order valence-electron chi connectivity index (χ0n) is 12.0. The molecule has 21 heavy (non-hydrogen) atoms. The Morgan fingerprint density at radius 1 is 1.43 bits per heavy atom. The number of nitrogens with zero attached hydrogens (tertiary/aromatic N) is 2. The maximum absolute atomic E-state index is 12.3. The van der Waals surface area contributed by atoms with Crippen LogP contribution in [0.5, 0.6) is 5.75 Å². The molecule has 0 spiro atoms. The molecule has 0 atom stereocenters. The van der Waals surface area contributed by atoms with Crippen molar-refractivity contribution in [3.8, 4) is 5.75 Å². The van der Waals surface area contributed by atoms with Crippen LogP contribution in [0, 0.1) is 0 Å². The van der Waals surface area contributed by atoms with Gasteiger partial charge in [-0.25, -0.2) is 4.98 Å². The molecule has 1 aromatic heterocycles. The van der Waals surface area contributed by atoms with Crippen LogP contribution in [0.1, 0.15) is 20.4 Å². The number of amides is 1. The fourth-order valence-electron chi connectivity index (χ4n) is 2.34. The van der Waals surface area contributed by atoms with E-state index in [1.54, 1.807) is 7.11 Å². The summed E-state index contributed by atoms with van der Waals surface area (Å²) in [4.78, 5) is 20.3. The van der Waals surface area contributed by atoms with Crippen molar-refractivity contribution in [3.05, 3.63) is 39.8 Å². The van der Waals surface area contributed by atoms with E-state index >= 15 is 0 Å². The van der Waals surface area contributed by atoms with Crippen LogP contribution >= 0.6 is 11.3 Å². The first-order chi connectivity index (χ1) is 10.2. The van der Waals surface area contributed by atoms with E-state index < -0.39 is 0 Å². The molecule has 1 amide bonds. The standard InChI is InChI=1S/C15H17N3O2S/c1-18-8-7-11-13(9-18)21-15(17-11)14(19)16-10-5-3-4-6-12(10)20-2/h3-6H,7-9H2,1-2H3,(H,16,19). The van der Waals surface area contributed by atoms with Crippen molar-refractivity contribution in [2.45, 2.75) is 13.0 Å². The minimum absolute atomic E-state index is 0.179. The molecule has 1 N–H and O–H groups in total. The van der Waals surface area contributed by atoms with Crippen molar-refractivity contribution in [3.63, 3.8) is 0 Å². The van der Waals surface area contributed by atoms with Gasteiger partial charge in [0.1, 0.15) is 5.75 Å². The first kappa shape index (κ1) is 14.0. The van der Waals surface area contributed by atoms with E-state index in [0.29, 0.717) is 16.4 Å². The second kappa shape index (κ2) is 5.83. The van der Waals surface area contributed by atoms with E-state index in [4.69, 9.17) is 4.74 Å². The molecular weight excluding hydrogens is 286 g/mol. The van der Waals surface area contributed by atoms with Crippen molar-refractivity contribution < 1.29 is 9.53 Å². The maximum Gasteiger partial charge on any atom is 0.284 e. The third kappa shape index (κ3) is 2.91. The molecule has 1 aliphatic rings. The highest BCUT2D eigenvalue weighted by molar-refractivity contribution is 7.13. The number of hydrogen-bond donors (Lipinski definition) is 1. The molecule has 2 aromatic rings. The minimum atomic E-state index is -0.179. The Bertz CT molecular complexity index is 669. The number of ether oxygens (including phenoxy) is 1. The Kier molecular flexibility index (Phi) is 3.90. The molecule has 110 valence electrons. The van der Waals surface area contributed by atoms with Crippen LogP contribution in [0.15, 0.2) is 24.3 Å². The SMILES string of the molecule is COc1ccccc1NC(=O)c1nc2c(s1)CN(C)CC2. The summed E-state index contributed by atoms with van der Waals surface area (Å²) in [6.45, 7) is 1.86. The molecule has 0 bridgehead atoms. The minimum Gasteiger partial charge on any atom is -0.495 e. The molecule has 1 aromatic carbocycles. The van der Waals surface area contributed by atoms with E-state index in [1.165, 1.54) is 16.2 Å². The summed E-state index contributed by atoms with van der Waals surface area (Å²) in [6, 6.07) is 7.36. The highest BCUT2D eigenvalue weighted by Crippen LogP contribution is 2.27. The number of nitrogens with one attached hydrogen (secondary N) is 1. The van der Waals surface area contributed by atoms with E-state index in [0.717, 1.165) is 25.2 Å². The van der Waals surface area contributed by atoms with Gasteiger partial charge in [-0.3, -0.25) is 4.79 Å². The fourth-order valence-corrected chi connectivity index (χ4v) is 3.43. The monoisotopic (exact) mass is 303 g/mol. The van der Waals surface area contributed by atoms with E-state index in [9.17, 15) is 4.79 Å². The van der Waals surface area contributed by atoms with E-state index in [-0.39, 0.29) is 5.91 Å². The lowest BCUT2D eigenvalue weighted by molar-refractivity contribution is 0.102. The van der Waals surface area contributed by atoms with Crippen LogP contribution in [-0.2, 0) is 13.0 Å². The predicted octanol–water partition coefficient (Wildman–Crippen LogP) is 2.39. The first-order valence-electron chi connectivity index (χ1n) is 6.79. The number of carbonyl (C=O) groups excluding carboxylic acids is 1. The molecule has 5 nitrogen and oxygen atoms in total. The van der Waals surface area contributed by atoms with Gasteiger partial charge in [0.05, 0.1) is 18.5 Å². The van der Waals surface area contributed by atoms with Gasteiger partial charge in [0, 0.05) is 24.4 Å². The third-order valence-electron chi connectivity index (χ3n) is 3.47. The third-order valence-corrected chi connectivity index (χ3v) is 4.55. The summed E-state index contributed by atoms with van der Waals surface area (Å²) in [7, 11) is 3.67. The summed E-state index contributed by atoms with van der Waals surface area (Å²) in [5.41, 5.74) is 1.72. The molecule has 0 saturated carbocycles. The quantitative estimate of drug-likeness (QED) is 0.946. The number of thiazole rings is 1. The van der Waals surface area contributed by atoms with Gasteiger partial charge in [-0.15, -0.1) is 11.3 Å². The van der Waals surface area contributed by atoms with Crippen LogP contribution in [0.3, 0.4) is 0 Å². The molecule has 1 aliphatic heterocycles. The molecule has 0 fully saturated rings. The molecular formula is C15H17N3O2S. The zero-order valence-corrected chi connectivity index (χ0v) is 12.9. The van der Waals surface area contributed by atoms with Gasteiger partial charge in [0.25, 0.3) is 5.91 Å². The van der Waals surface area contributed by atoms with Crippen molar-refractivity contribution in [1.82, 2.24) is 9.88 Å². The summed E-state index contributed by atoms with van der Waals surface area (Å²) in [5, 5.41) is 3.38. The van der Waals surface area contributed by atoms with Gasteiger partial charge in [0.2, 0.25) is 0 Å². The zero-order chi connectivity index (χ0) is 14.8. The van der Waals surface area contributed by atoms with E-state index in [2.05, 4.69) is 22.2 Å².